The lowest BCUT2D eigenvalue weighted by atomic mass is 9.84. The van der Waals surface area contributed by atoms with Crippen molar-refractivity contribution >= 4 is 11.9 Å². The quantitative estimate of drug-likeness (QED) is 0.661. The number of aliphatic carboxylic acids is 1. The van der Waals surface area contributed by atoms with E-state index in [1.165, 1.54) is 0 Å². The Labute approximate surface area is 125 Å². The third kappa shape index (κ3) is 3.35. The number of hydrogen-bond donors (Lipinski definition) is 2. The normalized spacial score (nSPS) is 30.1. The van der Waals surface area contributed by atoms with Gasteiger partial charge in [-0.3, -0.25) is 9.59 Å². The lowest BCUT2D eigenvalue weighted by Gasteiger charge is -2.29. The zero-order valence-electron chi connectivity index (χ0n) is 12.3. The van der Waals surface area contributed by atoms with Gasteiger partial charge >= 0.3 is 5.97 Å². The molecule has 4 atom stereocenters. The van der Waals surface area contributed by atoms with Crippen LogP contribution in [-0.4, -0.2) is 47.6 Å². The highest BCUT2D eigenvalue weighted by Gasteiger charge is 2.50. The Morgan fingerprint density at radius 2 is 1.81 bits per heavy atom. The fourth-order valence-corrected chi connectivity index (χ4v) is 3.85. The topological polar surface area (TPSA) is 69.6 Å². The van der Waals surface area contributed by atoms with Gasteiger partial charge in [-0.15, -0.1) is 13.2 Å². The molecule has 0 spiro atoms. The molecule has 2 rings (SSSR count). The highest BCUT2D eigenvalue weighted by atomic mass is 16.4. The van der Waals surface area contributed by atoms with E-state index in [-0.39, 0.29) is 30.3 Å². The van der Waals surface area contributed by atoms with Crippen molar-refractivity contribution in [3.8, 4) is 0 Å². The van der Waals surface area contributed by atoms with Crippen LogP contribution in [0.1, 0.15) is 19.3 Å². The second kappa shape index (κ2) is 6.89. The first kappa shape index (κ1) is 15.8. The molecule has 0 saturated heterocycles. The molecule has 2 N–H and O–H groups in total. The Hall–Kier alpha value is -1.62. The SMILES string of the molecule is C=CCN(CC=C)C(=O)CNC1C2CCC(C2)C1C(=O)O. The molecule has 2 aliphatic rings. The highest BCUT2D eigenvalue weighted by molar-refractivity contribution is 5.79. The number of carboxylic acid groups (broad SMARTS) is 1. The van der Waals surface area contributed by atoms with Crippen molar-refractivity contribution in [3.05, 3.63) is 25.3 Å². The van der Waals surface area contributed by atoms with Gasteiger partial charge in [-0.25, -0.2) is 0 Å². The van der Waals surface area contributed by atoms with Crippen molar-refractivity contribution in [1.82, 2.24) is 10.2 Å². The van der Waals surface area contributed by atoms with Gasteiger partial charge in [0.25, 0.3) is 0 Å². The van der Waals surface area contributed by atoms with Crippen LogP contribution in [0.25, 0.3) is 0 Å². The summed E-state index contributed by atoms with van der Waals surface area (Å²) in [5.74, 6) is -0.444. The maximum atomic E-state index is 12.2. The second-order valence-electron chi connectivity index (χ2n) is 5.98. The van der Waals surface area contributed by atoms with E-state index >= 15 is 0 Å². The van der Waals surface area contributed by atoms with Gasteiger partial charge in [0, 0.05) is 19.1 Å². The number of carbonyl (C=O) groups excluding carboxylic acids is 1. The van der Waals surface area contributed by atoms with E-state index in [2.05, 4.69) is 18.5 Å². The first-order chi connectivity index (χ1) is 10.1. The van der Waals surface area contributed by atoms with Crippen LogP contribution in [0, 0.1) is 17.8 Å². The van der Waals surface area contributed by atoms with Gasteiger partial charge in [0.1, 0.15) is 0 Å². The Bertz CT molecular complexity index is 425. The minimum Gasteiger partial charge on any atom is -0.481 e. The minimum atomic E-state index is -0.735. The molecule has 5 heteroatoms. The molecule has 2 aliphatic carbocycles. The van der Waals surface area contributed by atoms with E-state index in [4.69, 9.17) is 0 Å². The summed E-state index contributed by atoms with van der Waals surface area (Å²) in [6, 6.07) is -0.0699. The molecule has 0 aromatic rings. The molecule has 1 amide bonds. The number of rotatable bonds is 8. The van der Waals surface area contributed by atoms with Gasteiger partial charge in [0.15, 0.2) is 0 Å². The van der Waals surface area contributed by atoms with E-state index in [9.17, 15) is 14.7 Å². The van der Waals surface area contributed by atoms with Crippen molar-refractivity contribution in [2.45, 2.75) is 25.3 Å². The summed E-state index contributed by atoms with van der Waals surface area (Å²) in [5, 5.41) is 12.6. The smallest absolute Gasteiger partial charge is 0.308 e. The Kier molecular flexibility index (Phi) is 5.17. The minimum absolute atomic E-state index is 0.0401. The number of amides is 1. The molecule has 0 aromatic carbocycles. The van der Waals surface area contributed by atoms with Crippen LogP contribution >= 0.6 is 0 Å². The Balaban J connectivity index is 1.92. The molecular formula is C16H24N2O3. The zero-order chi connectivity index (χ0) is 15.4. The molecule has 0 aromatic heterocycles. The van der Waals surface area contributed by atoms with E-state index in [0.29, 0.717) is 19.0 Å². The van der Waals surface area contributed by atoms with Crippen LogP contribution in [0.2, 0.25) is 0 Å². The number of hydrogen-bond acceptors (Lipinski definition) is 3. The van der Waals surface area contributed by atoms with E-state index in [0.717, 1.165) is 19.3 Å². The number of nitrogens with zero attached hydrogens (tertiary/aromatic N) is 1. The summed E-state index contributed by atoms with van der Waals surface area (Å²) in [6.07, 6.45) is 6.42. The third-order valence-electron chi connectivity index (χ3n) is 4.74. The lowest BCUT2D eigenvalue weighted by Crippen LogP contribution is -2.48. The average Bonchev–Trinajstić information content (AvgIpc) is 3.04. The van der Waals surface area contributed by atoms with Crippen molar-refractivity contribution in [1.29, 1.82) is 0 Å². The van der Waals surface area contributed by atoms with Crippen LogP contribution in [0.5, 0.6) is 0 Å². The third-order valence-corrected chi connectivity index (χ3v) is 4.74. The van der Waals surface area contributed by atoms with Crippen molar-refractivity contribution in [3.63, 3.8) is 0 Å². The van der Waals surface area contributed by atoms with Crippen LogP contribution in [0.4, 0.5) is 0 Å². The summed E-state index contributed by atoms with van der Waals surface area (Å²) < 4.78 is 0. The number of fused-ring (bicyclic) bond motifs is 2. The maximum Gasteiger partial charge on any atom is 0.308 e. The van der Waals surface area contributed by atoms with E-state index in [1.54, 1.807) is 17.1 Å². The summed E-state index contributed by atoms with van der Waals surface area (Å²) in [5.41, 5.74) is 0. The molecule has 0 aliphatic heterocycles. The molecule has 21 heavy (non-hydrogen) atoms. The predicted octanol–water partition coefficient (Wildman–Crippen LogP) is 1.28. The van der Waals surface area contributed by atoms with Crippen molar-refractivity contribution < 1.29 is 14.7 Å². The summed E-state index contributed by atoms with van der Waals surface area (Å²) in [7, 11) is 0. The van der Waals surface area contributed by atoms with Gasteiger partial charge in [-0.2, -0.15) is 0 Å². The predicted molar refractivity (Wildman–Crippen MR) is 80.7 cm³/mol. The first-order valence-corrected chi connectivity index (χ1v) is 7.54. The fourth-order valence-electron chi connectivity index (χ4n) is 3.85. The number of carbonyl (C=O) groups is 2. The van der Waals surface area contributed by atoms with E-state index < -0.39 is 5.97 Å². The summed E-state index contributed by atoms with van der Waals surface area (Å²) in [4.78, 5) is 25.3. The molecule has 4 unspecified atom stereocenters. The molecule has 2 saturated carbocycles. The number of carboxylic acids is 1. The molecule has 0 heterocycles. The van der Waals surface area contributed by atoms with Crippen LogP contribution in [0.3, 0.4) is 0 Å². The molecule has 2 fully saturated rings. The van der Waals surface area contributed by atoms with Gasteiger partial charge < -0.3 is 15.3 Å². The number of nitrogens with one attached hydrogen (secondary N) is 1. The maximum absolute atomic E-state index is 12.2. The van der Waals surface area contributed by atoms with Gasteiger partial charge in [0.2, 0.25) is 5.91 Å². The van der Waals surface area contributed by atoms with E-state index in [1.807, 2.05) is 0 Å². The molecule has 116 valence electrons. The fraction of sp³-hybridized carbons (Fsp3) is 0.625. The second-order valence-corrected chi connectivity index (χ2v) is 5.98. The largest absolute Gasteiger partial charge is 0.481 e. The zero-order valence-corrected chi connectivity index (χ0v) is 12.3. The van der Waals surface area contributed by atoms with Crippen molar-refractivity contribution in [2.75, 3.05) is 19.6 Å². The van der Waals surface area contributed by atoms with Gasteiger partial charge in [-0.05, 0) is 31.1 Å². The Morgan fingerprint density at radius 1 is 1.19 bits per heavy atom. The average molecular weight is 292 g/mol. The van der Waals surface area contributed by atoms with Crippen LogP contribution in [-0.2, 0) is 9.59 Å². The van der Waals surface area contributed by atoms with Gasteiger partial charge in [0.05, 0.1) is 12.5 Å². The molecular weight excluding hydrogens is 268 g/mol. The summed E-state index contributed by atoms with van der Waals surface area (Å²) >= 11 is 0. The lowest BCUT2D eigenvalue weighted by molar-refractivity contribution is -0.145. The van der Waals surface area contributed by atoms with Gasteiger partial charge in [-0.1, -0.05) is 12.2 Å². The highest BCUT2D eigenvalue weighted by Crippen LogP contribution is 2.48. The molecule has 5 nitrogen and oxygen atoms in total. The van der Waals surface area contributed by atoms with Crippen LogP contribution in [0.15, 0.2) is 25.3 Å². The Morgan fingerprint density at radius 3 is 2.38 bits per heavy atom. The van der Waals surface area contributed by atoms with Crippen molar-refractivity contribution in [2.24, 2.45) is 17.8 Å². The summed E-state index contributed by atoms with van der Waals surface area (Å²) in [6.45, 7) is 8.42. The molecule has 0 radical (unpaired) electrons. The first-order valence-electron chi connectivity index (χ1n) is 7.54. The standard InChI is InChI=1S/C16H24N2O3/c1-3-7-18(8-4-2)13(19)10-17-15-12-6-5-11(9-12)14(15)16(20)21/h3-4,11-12,14-15,17H,1-2,5-10H2,(H,20,21). The van der Waals surface area contributed by atoms with Crippen LogP contribution < -0.4 is 5.32 Å². The molecule has 2 bridgehead atoms. The monoisotopic (exact) mass is 292 g/mol.